The quantitative estimate of drug-likeness (QED) is 0.686. The van der Waals surface area contributed by atoms with Crippen molar-refractivity contribution in [3.63, 3.8) is 0 Å². The summed E-state index contributed by atoms with van der Waals surface area (Å²) in [5, 5.41) is 10.1. The molecule has 3 heteroatoms. The summed E-state index contributed by atoms with van der Waals surface area (Å²) in [6, 6.07) is 0. The van der Waals surface area contributed by atoms with E-state index in [0.717, 1.165) is 0 Å². The lowest BCUT2D eigenvalue weighted by molar-refractivity contribution is -0.178. The molecule has 0 aromatic heterocycles. The minimum absolute atomic E-state index is 0.303. The fourth-order valence-corrected chi connectivity index (χ4v) is 1.23. The van der Waals surface area contributed by atoms with Crippen molar-refractivity contribution in [3.8, 4) is 0 Å². The number of hydrogen-bond acceptors (Lipinski definition) is 3. The molecule has 0 heterocycles. The maximum atomic E-state index is 11.5. The molecule has 1 atom stereocenters. The Kier molecular flexibility index (Phi) is 3.91. The zero-order valence-corrected chi connectivity index (χ0v) is 9.18. The van der Waals surface area contributed by atoms with E-state index in [4.69, 9.17) is 4.74 Å². The summed E-state index contributed by atoms with van der Waals surface area (Å²) >= 11 is 0. The van der Waals surface area contributed by atoms with Crippen LogP contribution in [0.1, 0.15) is 41.0 Å². The van der Waals surface area contributed by atoms with Gasteiger partial charge in [-0.1, -0.05) is 27.7 Å². The highest BCUT2D eigenvalue weighted by Gasteiger charge is 2.46. The molecule has 0 bridgehead atoms. The van der Waals surface area contributed by atoms with Crippen LogP contribution in [0.2, 0.25) is 0 Å². The Balaban J connectivity index is 4.73. The van der Waals surface area contributed by atoms with E-state index in [1.807, 2.05) is 20.8 Å². The first-order valence-electron chi connectivity index (χ1n) is 4.69. The molecule has 13 heavy (non-hydrogen) atoms. The molecule has 78 valence electrons. The summed E-state index contributed by atoms with van der Waals surface area (Å²) < 4.78 is 4.84. The fourth-order valence-electron chi connectivity index (χ4n) is 1.23. The van der Waals surface area contributed by atoms with Crippen molar-refractivity contribution in [2.24, 2.45) is 5.41 Å². The van der Waals surface area contributed by atoms with Crippen molar-refractivity contribution in [3.05, 3.63) is 0 Å². The topological polar surface area (TPSA) is 46.5 Å². The van der Waals surface area contributed by atoms with Crippen molar-refractivity contribution in [2.45, 2.75) is 46.6 Å². The SMILES string of the molecule is CCOC(=O)[C@@](O)(CC)C(C)(C)C. The third kappa shape index (κ3) is 2.44. The van der Waals surface area contributed by atoms with Crippen LogP contribution in [0.4, 0.5) is 0 Å². The Morgan fingerprint density at radius 1 is 1.31 bits per heavy atom. The first kappa shape index (κ1) is 12.4. The Morgan fingerprint density at radius 2 is 1.77 bits per heavy atom. The standard InChI is InChI=1S/C10H20O3/c1-6-10(12,9(3,4)5)8(11)13-7-2/h12H,6-7H2,1-5H3/t10-/m0/s1. The normalized spacial score (nSPS) is 16.5. The second kappa shape index (κ2) is 4.09. The highest BCUT2D eigenvalue weighted by atomic mass is 16.5. The van der Waals surface area contributed by atoms with Gasteiger partial charge in [0.05, 0.1) is 6.61 Å². The van der Waals surface area contributed by atoms with Crippen LogP contribution in [0.5, 0.6) is 0 Å². The highest BCUT2D eigenvalue weighted by molar-refractivity contribution is 5.80. The molecule has 0 aliphatic carbocycles. The average Bonchev–Trinajstić information content (AvgIpc) is 2.01. The predicted octanol–water partition coefficient (Wildman–Crippen LogP) is 1.74. The van der Waals surface area contributed by atoms with E-state index in [9.17, 15) is 9.90 Å². The van der Waals surface area contributed by atoms with Gasteiger partial charge in [0.15, 0.2) is 5.60 Å². The first-order valence-corrected chi connectivity index (χ1v) is 4.69. The molecule has 0 radical (unpaired) electrons. The molecular formula is C10H20O3. The fraction of sp³-hybridized carbons (Fsp3) is 0.900. The zero-order chi connectivity index (χ0) is 10.7. The van der Waals surface area contributed by atoms with Gasteiger partial charge in [0.25, 0.3) is 0 Å². The van der Waals surface area contributed by atoms with Gasteiger partial charge in [0.2, 0.25) is 0 Å². The molecule has 0 unspecified atom stereocenters. The van der Waals surface area contributed by atoms with Gasteiger partial charge in [-0.05, 0) is 13.3 Å². The molecule has 0 fully saturated rings. The zero-order valence-electron chi connectivity index (χ0n) is 9.18. The van der Waals surface area contributed by atoms with E-state index in [-0.39, 0.29) is 0 Å². The number of ether oxygens (including phenoxy) is 1. The van der Waals surface area contributed by atoms with Gasteiger partial charge in [-0.25, -0.2) is 4.79 Å². The summed E-state index contributed by atoms with van der Waals surface area (Å²) in [4.78, 5) is 11.5. The monoisotopic (exact) mass is 188 g/mol. The minimum Gasteiger partial charge on any atom is -0.464 e. The summed E-state index contributed by atoms with van der Waals surface area (Å²) in [7, 11) is 0. The van der Waals surface area contributed by atoms with Crippen LogP contribution in [0.25, 0.3) is 0 Å². The molecular weight excluding hydrogens is 168 g/mol. The Bertz CT molecular complexity index is 181. The second-order valence-corrected chi connectivity index (χ2v) is 4.18. The van der Waals surface area contributed by atoms with Crippen LogP contribution in [0.3, 0.4) is 0 Å². The Hall–Kier alpha value is -0.570. The van der Waals surface area contributed by atoms with Crippen molar-refractivity contribution >= 4 is 5.97 Å². The Labute approximate surface area is 80.1 Å². The molecule has 0 aromatic rings. The third-order valence-corrected chi connectivity index (χ3v) is 2.37. The van der Waals surface area contributed by atoms with Crippen LogP contribution in [-0.2, 0) is 9.53 Å². The molecule has 0 aliphatic heterocycles. The molecule has 0 saturated carbocycles. The van der Waals surface area contributed by atoms with Gasteiger partial charge >= 0.3 is 5.97 Å². The van der Waals surface area contributed by atoms with Crippen LogP contribution in [0, 0.1) is 5.41 Å². The number of carbonyl (C=O) groups is 1. The first-order chi connectivity index (χ1) is 5.79. The van der Waals surface area contributed by atoms with Crippen LogP contribution in [0.15, 0.2) is 0 Å². The van der Waals surface area contributed by atoms with Gasteiger partial charge in [0, 0.05) is 5.41 Å². The summed E-state index contributed by atoms with van der Waals surface area (Å²) in [6.07, 6.45) is 0.370. The van der Waals surface area contributed by atoms with Gasteiger partial charge in [-0.2, -0.15) is 0 Å². The van der Waals surface area contributed by atoms with Crippen molar-refractivity contribution in [1.29, 1.82) is 0 Å². The predicted molar refractivity (Wildman–Crippen MR) is 51.3 cm³/mol. The molecule has 0 saturated heterocycles. The van der Waals surface area contributed by atoms with Crippen LogP contribution in [-0.4, -0.2) is 23.3 Å². The molecule has 0 aromatic carbocycles. The Morgan fingerprint density at radius 3 is 2.00 bits per heavy atom. The maximum Gasteiger partial charge on any atom is 0.338 e. The smallest absolute Gasteiger partial charge is 0.338 e. The number of carbonyl (C=O) groups excluding carboxylic acids is 1. The van der Waals surface area contributed by atoms with Crippen molar-refractivity contribution in [2.75, 3.05) is 6.61 Å². The number of esters is 1. The molecule has 0 rings (SSSR count). The van der Waals surface area contributed by atoms with Crippen molar-refractivity contribution in [1.82, 2.24) is 0 Å². The summed E-state index contributed by atoms with van der Waals surface area (Å²) in [5.41, 5.74) is -1.86. The third-order valence-electron chi connectivity index (χ3n) is 2.37. The van der Waals surface area contributed by atoms with Gasteiger partial charge in [0.1, 0.15) is 0 Å². The van der Waals surface area contributed by atoms with E-state index in [0.29, 0.717) is 13.0 Å². The number of aliphatic hydroxyl groups is 1. The van der Waals surface area contributed by atoms with E-state index in [1.165, 1.54) is 0 Å². The van der Waals surface area contributed by atoms with E-state index in [2.05, 4.69) is 0 Å². The summed E-state index contributed by atoms with van der Waals surface area (Å²) in [6.45, 7) is 9.30. The maximum absolute atomic E-state index is 11.5. The molecule has 3 nitrogen and oxygen atoms in total. The molecule has 1 N–H and O–H groups in total. The summed E-state index contributed by atoms with van der Waals surface area (Å²) in [5.74, 6) is -0.523. The van der Waals surface area contributed by atoms with Crippen LogP contribution < -0.4 is 0 Å². The lowest BCUT2D eigenvalue weighted by Gasteiger charge is -2.36. The van der Waals surface area contributed by atoms with E-state index in [1.54, 1.807) is 13.8 Å². The van der Waals surface area contributed by atoms with Gasteiger partial charge in [-0.15, -0.1) is 0 Å². The lowest BCUT2D eigenvalue weighted by Crippen LogP contribution is -2.50. The van der Waals surface area contributed by atoms with E-state index < -0.39 is 17.0 Å². The molecule has 0 spiro atoms. The second-order valence-electron chi connectivity index (χ2n) is 4.18. The van der Waals surface area contributed by atoms with Crippen LogP contribution >= 0.6 is 0 Å². The molecule has 0 amide bonds. The average molecular weight is 188 g/mol. The highest BCUT2D eigenvalue weighted by Crippen LogP contribution is 2.34. The largest absolute Gasteiger partial charge is 0.464 e. The lowest BCUT2D eigenvalue weighted by atomic mass is 9.75. The van der Waals surface area contributed by atoms with E-state index >= 15 is 0 Å². The number of rotatable bonds is 3. The van der Waals surface area contributed by atoms with Gasteiger partial charge in [-0.3, -0.25) is 0 Å². The van der Waals surface area contributed by atoms with Crippen molar-refractivity contribution < 1.29 is 14.6 Å². The molecule has 0 aliphatic rings. The minimum atomic E-state index is -1.37. The number of hydrogen-bond donors (Lipinski definition) is 1. The van der Waals surface area contributed by atoms with Gasteiger partial charge < -0.3 is 9.84 Å².